The Kier molecular flexibility index (Phi) is 3.82. The number of hydrogen-bond acceptors (Lipinski definition) is 3. The number of aliphatic hydroxyl groups is 1. The van der Waals surface area contributed by atoms with E-state index in [1.54, 1.807) is 0 Å². The van der Waals surface area contributed by atoms with Crippen LogP contribution in [0.4, 0.5) is 0 Å². The normalized spacial score (nSPS) is 28.9. The predicted octanol–water partition coefficient (Wildman–Crippen LogP) is 0.550. The maximum absolute atomic E-state index is 12.0. The lowest BCUT2D eigenvalue weighted by Gasteiger charge is -2.41. The average Bonchev–Trinajstić information content (AvgIpc) is 2.51. The summed E-state index contributed by atoms with van der Waals surface area (Å²) >= 11 is 0. The second-order valence-corrected chi connectivity index (χ2v) is 5.14. The summed E-state index contributed by atoms with van der Waals surface area (Å²) in [6.45, 7) is 1.01. The summed E-state index contributed by atoms with van der Waals surface area (Å²) in [5.74, 6) is 0.0793. The van der Waals surface area contributed by atoms with Gasteiger partial charge in [-0.1, -0.05) is 12.8 Å². The maximum Gasteiger partial charge on any atom is 0.237 e. The first-order valence-electron chi connectivity index (χ1n) is 6.42. The van der Waals surface area contributed by atoms with E-state index in [4.69, 9.17) is 0 Å². The molecule has 2 rings (SSSR count). The van der Waals surface area contributed by atoms with Crippen LogP contribution in [0.5, 0.6) is 0 Å². The van der Waals surface area contributed by atoms with E-state index in [0.717, 1.165) is 45.1 Å². The molecule has 1 unspecified atom stereocenters. The van der Waals surface area contributed by atoms with Gasteiger partial charge in [0.15, 0.2) is 0 Å². The lowest BCUT2D eigenvalue weighted by atomic mass is 9.77. The van der Waals surface area contributed by atoms with Gasteiger partial charge in [-0.25, -0.2) is 0 Å². The van der Waals surface area contributed by atoms with E-state index >= 15 is 0 Å². The Morgan fingerprint density at radius 2 is 2.12 bits per heavy atom. The summed E-state index contributed by atoms with van der Waals surface area (Å²) in [7, 11) is 0. The zero-order chi connectivity index (χ0) is 11.4. The molecular weight excluding hydrogens is 204 g/mol. The number of nitrogens with one attached hydrogen (secondary N) is 2. The van der Waals surface area contributed by atoms with E-state index in [1.807, 2.05) is 0 Å². The Morgan fingerprint density at radius 3 is 2.75 bits per heavy atom. The first-order valence-corrected chi connectivity index (χ1v) is 6.42. The van der Waals surface area contributed by atoms with E-state index in [-0.39, 0.29) is 24.1 Å². The summed E-state index contributed by atoms with van der Waals surface area (Å²) in [6.07, 6.45) is 7.37. The van der Waals surface area contributed by atoms with E-state index in [1.165, 1.54) is 6.42 Å². The fourth-order valence-corrected chi connectivity index (χ4v) is 2.53. The Labute approximate surface area is 96.8 Å². The van der Waals surface area contributed by atoms with Gasteiger partial charge in [0.1, 0.15) is 0 Å². The fraction of sp³-hybridized carbons (Fsp3) is 0.917. The molecular formula is C12H22N2O2. The number of amides is 1. The van der Waals surface area contributed by atoms with Crippen molar-refractivity contribution in [1.29, 1.82) is 0 Å². The minimum Gasteiger partial charge on any atom is -0.394 e. The molecule has 1 aliphatic carbocycles. The Balaban J connectivity index is 1.86. The monoisotopic (exact) mass is 226 g/mol. The van der Waals surface area contributed by atoms with Crippen molar-refractivity contribution in [1.82, 2.24) is 10.6 Å². The van der Waals surface area contributed by atoms with E-state index in [2.05, 4.69) is 10.6 Å². The van der Waals surface area contributed by atoms with Crippen LogP contribution in [0.1, 0.15) is 44.9 Å². The van der Waals surface area contributed by atoms with Gasteiger partial charge < -0.3 is 15.7 Å². The zero-order valence-electron chi connectivity index (χ0n) is 9.80. The van der Waals surface area contributed by atoms with Gasteiger partial charge in [-0.3, -0.25) is 4.79 Å². The van der Waals surface area contributed by atoms with Crippen molar-refractivity contribution in [3.8, 4) is 0 Å². The molecule has 0 spiro atoms. The quantitative estimate of drug-likeness (QED) is 0.658. The molecule has 1 heterocycles. The molecule has 1 atom stereocenters. The van der Waals surface area contributed by atoms with Gasteiger partial charge in [-0.05, 0) is 38.6 Å². The van der Waals surface area contributed by atoms with Crippen molar-refractivity contribution >= 4 is 5.91 Å². The van der Waals surface area contributed by atoms with Crippen LogP contribution in [0.3, 0.4) is 0 Å². The zero-order valence-corrected chi connectivity index (χ0v) is 9.80. The second-order valence-electron chi connectivity index (χ2n) is 5.14. The van der Waals surface area contributed by atoms with Crippen LogP contribution in [-0.2, 0) is 4.79 Å². The molecule has 0 aromatic carbocycles. The van der Waals surface area contributed by atoms with Crippen molar-refractivity contribution in [2.24, 2.45) is 0 Å². The van der Waals surface area contributed by atoms with Crippen LogP contribution in [0, 0.1) is 0 Å². The van der Waals surface area contributed by atoms with Gasteiger partial charge >= 0.3 is 0 Å². The molecule has 0 aromatic rings. The third-order valence-corrected chi connectivity index (χ3v) is 3.88. The van der Waals surface area contributed by atoms with Crippen molar-refractivity contribution in [2.45, 2.75) is 56.5 Å². The Bertz CT molecular complexity index is 238. The highest BCUT2D eigenvalue weighted by Crippen LogP contribution is 2.31. The molecule has 0 radical (unpaired) electrons. The first-order chi connectivity index (χ1) is 7.76. The Morgan fingerprint density at radius 1 is 1.31 bits per heavy atom. The van der Waals surface area contributed by atoms with Crippen molar-refractivity contribution in [3.63, 3.8) is 0 Å². The molecule has 1 aliphatic heterocycles. The minimum absolute atomic E-state index is 0.0495. The van der Waals surface area contributed by atoms with Crippen LogP contribution in [0.2, 0.25) is 0 Å². The largest absolute Gasteiger partial charge is 0.394 e. The summed E-state index contributed by atoms with van der Waals surface area (Å²) in [6, 6.07) is -0.0495. The van der Waals surface area contributed by atoms with Crippen LogP contribution in [-0.4, -0.2) is 35.7 Å². The molecule has 16 heavy (non-hydrogen) atoms. The summed E-state index contributed by atoms with van der Waals surface area (Å²) in [4.78, 5) is 12.0. The molecule has 2 aliphatic rings. The molecule has 1 saturated carbocycles. The predicted molar refractivity (Wildman–Crippen MR) is 62.1 cm³/mol. The highest BCUT2D eigenvalue weighted by molar-refractivity contribution is 5.82. The van der Waals surface area contributed by atoms with Crippen molar-refractivity contribution in [2.75, 3.05) is 13.2 Å². The van der Waals surface area contributed by atoms with Crippen LogP contribution >= 0.6 is 0 Å². The van der Waals surface area contributed by atoms with Crippen LogP contribution < -0.4 is 10.6 Å². The number of carbonyl (C=O) groups excluding carboxylic acids is 1. The minimum atomic E-state index is -0.301. The molecule has 0 bridgehead atoms. The number of carbonyl (C=O) groups is 1. The SMILES string of the molecule is O=C(NC1(CO)CCC1)C1CCCCCN1. The number of aliphatic hydroxyl groups excluding tert-OH is 1. The fourth-order valence-electron chi connectivity index (χ4n) is 2.53. The molecule has 4 nitrogen and oxygen atoms in total. The highest BCUT2D eigenvalue weighted by Gasteiger charge is 2.38. The summed E-state index contributed by atoms with van der Waals surface area (Å²) in [5.41, 5.74) is -0.301. The van der Waals surface area contributed by atoms with Gasteiger partial charge in [0, 0.05) is 0 Å². The number of rotatable bonds is 3. The second kappa shape index (κ2) is 5.15. The van der Waals surface area contributed by atoms with Crippen molar-refractivity contribution in [3.05, 3.63) is 0 Å². The maximum atomic E-state index is 12.0. The van der Waals surface area contributed by atoms with Crippen LogP contribution in [0.15, 0.2) is 0 Å². The Hall–Kier alpha value is -0.610. The molecule has 1 amide bonds. The average molecular weight is 226 g/mol. The molecule has 92 valence electrons. The standard InChI is InChI=1S/C12H22N2O2/c15-9-12(6-4-7-12)14-11(16)10-5-2-1-3-8-13-10/h10,13,15H,1-9H2,(H,14,16). The van der Waals surface area contributed by atoms with Gasteiger partial charge in [-0.15, -0.1) is 0 Å². The molecule has 0 aromatic heterocycles. The highest BCUT2D eigenvalue weighted by atomic mass is 16.3. The smallest absolute Gasteiger partial charge is 0.237 e. The lowest BCUT2D eigenvalue weighted by Crippen LogP contribution is -2.60. The van der Waals surface area contributed by atoms with Gasteiger partial charge in [0.2, 0.25) is 5.91 Å². The molecule has 1 saturated heterocycles. The van der Waals surface area contributed by atoms with Gasteiger partial charge in [0.25, 0.3) is 0 Å². The lowest BCUT2D eigenvalue weighted by molar-refractivity contribution is -0.127. The van der Waals surface area contributed by atoms with Gasteiger partial charge in [0.05, 0.1) is 18.2 Å². The van der Waals surface area contributed by atoms with E-state index in [0.29, 0.717) is 0 Å². The summed E-state index contributed by atoms with van der Waals surface area (Å²) < 4.78 is 0. The molecule has 3 N–H and O–H groups in total. The van der Waals surface area contributed by atoms with Crippen molar-refractivity contribution < 1.29 is 9.90 Å². The van der Waals surface area contributed by atoms with Crippen LogP contribution in [0.25, 0.3) is 0 Å². The topological polar surface area (TPSA) is 61.4 Å². The van der Waals surface area contributed by atoms with Gasteiger partial charge in [-0.2, -0.15) is 0 Å². The van der Waals surface area contributed by atoms with E-state index < -0.39 is 0 Å². The number of hydrogen-bond donors (Lipinski definition) is 3. The first kappa shape index (κ1) is 11.9. The third kappa shape index (κ3) is 2.55. The van der Waals surface area contributed by atoms with E-state index in [9.17, 15) is 9.90 Å². The summed E-state index contributed by atoms with van der Waals surface area (Å²) in [5, 5.41) is 15.6. The third-order valence-electron chi connectivity index (χ3n) is 3.88. The molecule has 4 heteroatoms. The molecule has 2 fully saturated rings.